The molecule has 0 bridgehead atoms. The number of hydrogen-bond donors (Lipinski definition) is 2. The van der Waals surface area contributed by atoms with Gasteiger partial charge in [0.1, 0.15) is 11.5 Å². The number of phenolic OH excluding ortho intramolecular Hbond substituents is 2. The van der Waals surface area contributed by atoms with E-state index < -0.39 is 5.54 Å². The Bertz CT molecular complexity index is 880. The minimum atomic E-state index is -0.574. The number of rotatable bonds is 5. The highest BCUT2D eigenvalue weighted by Gasteiger charge is 2.15. The molecular formula is C18H16Cl4N2O2. The topological polar surface area (TPSA) is 65.2 Å². The molecular weight excluding hydrogens is 418 g/mol. The average molecular weight is 434 g/mol. The van der Waals surface area contributed by atoms with Gasteiger partial charge in [0, 0.05) is 33.6 Å². The summed E-state index contributed by atoms with van der Waals surface area (Å²) >= 11 is 23.6. The average Bonchev–Trinajstić information content (AvgIpc) is 2.54. The normalized spacial score (nSPS) is 12.4. The molecule has 0 amide bonds. The predicted molar refractivity (Wildman–Crippen MR) is 110 cm³/mol. The van der Waals surface area contributed by atoms with Gasteiger partial charge in [-0.3, -0.25) is 9.98 Å². The van der Waals surface area contributed by atoms with Crippen molar-refractivity contribution < 1.29 is 10.2 Å². The van der Waals surface area contributed by atoms with Crippen molar-refractivity contribution in [1.29, 1.82) is 0 Å². The van der Waals surface area contributed by atoms with Crippen LogP contribution in [-0.2, 0) is 0 Å². The fourth-order valence-corrected chi connectivity index (χ4v) is 3.04. The molecule has 0 aliphatic heterocycles. The van der Waals surface area contributed by atoms with Crippen LogP contribution >= 0.6 is 46.4 Å². The number of halogens is 4. The summed E-state index contributed by atoms with van der Waals surface area (Å²) < 4.78 is 0. The summed E-state index contributed by atoms with van der Waals surface area (Å²) in [6.07, 6.45) is 2.98. The van der Waals surface area contributed by atoms with Crippen molar-refractivity contribution in [3.63, 3.8) is 0 Å². The van der Waals surface area contributed by atoms with E-state index >= 15 is 0 Å². The highest BCUT2D eigenvalue weighted by molar-refractivity contribution is 6.36. The molecule has 8 heteroatoms. The Balaban J connectivity index is 2.14. The van der Waals surface area contributed by atoms with E-state index in [1.165, 1.54) is 24.6 Å². The minimum Gasteiger partial charge on any atom is -0.506 e. The quantitative estimate of drug-likeness (QED) is 0.565. The van der Waals surface area contributed by atoms with Crippen LogP contribution in [0.25, 0.3) is 0 Å². The summed E-state index contributed by atoms with van der Waals surface area (Å²) in [7, 11) is 0. The number of nitrogens with zero attached hydrogens (tertiary/aromatic N) is 2. The minimum absolute atomic E-state index is 0.0837. The molecule has 0 unspecified atom stereocenters. The van der Waals surface area contributed by atoms with Crippen LogP contribution in [0.3, 0.4) is 0 Å². The molecule has 0 radical (unpaired) electrons. The van der Waals surface area contributed by atoms with E-state index in [4.69, 9.17) is 46.4 Å². The Morgan fingerprint density at radius 1 is 0.846 bits per heavy atom. The molecule has 2 N–H and O–H groups in total. The van der Waals surface area contributed by atoms with Crippen LogP contribution in [0.15, 0.2) is 34.3 Å². The molecule has 0 fully saturated rings. The van der Waals surface area contributed by atoms with Crippen LogP contribution in [0, 0.1) is 0 Å². The number of aliphatic imine (C=N–C) groups is 2. The smallest absolute Gasteiger partial charge is 0.143 e. The Hall–Kier alpha value is -1.46. The summed E-state index contributed by atoms with van der Waals surface area (Å²) in [5.74, 6) is -0.169. The molecule has 2 aromatic carbocycles. The van der Waals surface area contributed by atoms with E-state index in [9.17, 15) is 10.2 Å². The highest BCUT2D eigenvalue weighted by Crippen LogP contribution is 2.31. The SMILES string of the molecule is CC(C)(CN=Cc1cc(Cl)cc(Cl)c1O)N=Cc1cc(Cl)cc(Cl)c1O. The fourth-order valence-electron chi connectivity index (χ4n) is 2.02. The van der Waals surface area contributed by atoms with Gasteiger partial charge in [-0.25, -0.2) is 0 Å². The van der Waals surface area contributed by atoms with Crippen LogP contribution in [0.1, 0.15) is 25.0 Å². The Morgan fingerprint density at radius 2 is 1.31 bits per heavy atom. The first-order chi connectivity index (χ1) is 12.1. The lowest BCUT2D eigenvalue weighted by molar-refractivity contribution is 0.473. The van der Waals surface area contributed by atoms with Crippen molar-refractivity contribution in [3.8, 4) is 11.5 Å². The van der Waals surface area contributed by atoms with Gasteiger partial charge in [0.25, 0.3) is 0 Å². The lowest BCUT2D eigenvalue weighted by Gasteiger charge is -2.16. The van der Waals surface area contributed by atoms with Crippen molar-refractivity contribution >= 4 is 58.8 Å². The second-order valence-electron chi connectivity index (χ2n) is 6.19. The van der Waals surface area contributed by atoms with Gasteiger partial charge in [-0.2, -0.15) is 0 Å². The second kappa shape index (κ2) is 8.49. The van der Waals surface area contributed by atoms with E-state index in [-0.39, 0.29) is 21.5 Å². The zero-order valence-corrected chi connectivity index (χ0v) is 17.0. The molecule has 0 saturated heterocycles. The van der Waals surface area contributed by atoms with Gasteiger partial charge in [0.15, 0.2) is 0 Å². The number of hydrogen-bond acceptors (Lipinski definition) is 4. The Morgan fingerprint density at radius 3 is 1.81 bits per heavy atom. The molecule has 138 valence electrons. The van der Waals surface area contributed by atoms with E-state index in [0.717, 1.165) is 0 Å². The monoisotopic (exact) mass is 432 g/mol. The van der Waals surface area contributed by atoms with Crippen LogP contribution < -0.4 is 0 Å². The van der Waals surface area contributed by atoms with Crippen molar-refractivity contribution in [2.24, 2.45) is 9.98 Å². The maximum absolute atomic E-state index is 9.96. The molecule has 0 aromatic heterocycles. The van der Waals surface area contributed by atoms with Crippen LogP contribution in [0.2, 0.25) is 20.1 Å². The van der Waals surface area contributed by atoms with Gasteiger partial charge >= 0.3 is 0 Å². The maximum atomic E-state index is 9.96. The number of aromatic hydroxyl groups is 2. The zero-order valence-electron chi connectivity index (χ0n) is 14.0. The molecule has 2 aromatic rings. The molecule has 0 aliphatic carbocycles. The zero-order chi connectivity index (χ0) is 19.5. The third-order valence-electron chi connectivity index (χ3n) is 3.38. The first-order valence-corrected chi connectivity index (χ1v) is 9.01. The summed E-state index contributed by atoms with van der Waals surface area (Å²) in [6.45, 7) is 4.06. The summed E-state index contributed by atoms with van der Waals surface area (Å²) in [5.41, 5.74) is 0.260. The lowest BCUT2D eigenvalue weighted by atomic mass is 10.1. The molecule has 0 heterocycles. The van der Waals surface area contributed by atoms with E-state index in [1.54, 1.807) is 12.1 Å². The van der Waals surface area contributed by atoms with Crippen molar-refractivity contribution in [3.05, 3.63) is 55.5 Å². The molecule has 0 spiro atoms. The molecule has 4 nitrogen and oxygen atoms in total. The summed E-state index contributed by atoms with van der Waals surface area (Å²) in [4.78, 5) is 8.72. The van der Waals surface area contributed by atoms with Gasteiger partial charge in [-0.05, 0) is 38.1 Å². The van der Waals surface area contributed by atoms with Crippen LogP contribution in [0.4, 0.5) is 0 Å². The Kier molecular flexibility index (Phi) is 6.80. The van der Waals surface area contributed by atoms with Crippen LogP contribution in [-0.4, -0.2) is 34.7 Å². The molecule has 0 atom stereocenters. The second-order valence-corrected chi connectivity index (χ2v) is 7.88. The molecule has 0 saturated carbocycles. The predicted octanol–water partition coefficient (Wildman–Crippen LogP) is 6.03. The van der Waals surface area contributed by atoms with Gasteiger partial charge < -0.3 is 10.2 Å². The third-order valence-corrected chi connectivity index (χ3v) is 4.39. The summed E-state index contributed by atoms with van der Waals surface area (Å²) in [6, 6.07) is 6.03. The number of benzene rings is 2. The van der Waals surface area contributed by atoms with Gasteiger partial charge in [-0.1, -0.05) is 46.4 Å². The molecule has 2 rings (SSSR count). The van der Waals surface area contributed by atoms with Gasteiger partial charge in [-0.15, -0.1) is 0 Å². The van der Waals surface area contributed by atoms with E-state index in [0.29, 0.717) is 27.7 Å². The lowest BCUT2D eigenvalue weighted by Crippen LogP contribution is -2.21. The van der Waals surface area contributed by atoms with E-state index in [2.05, 4.69) is 9.98 Å². The standard InChI is InChI=1S/C18H16Cl4N2O2/c1-18(2,24-8-11-4-13(20)6-15(22)17(11)26)9-23-7-10-3-12(19)5-14(21)16(10)25/h3-8,25-26H,9H2,1-2H3. The van der Waals surface area contributed by atoms with Crippen LogP contribution in [0.5, 0.6) is 11.5 Å². The summed E-state index contributed by atoms with van der Waals surface area (Å²) in [5, 5.41) is 21.0. The molecule has 26 heavy (non-hydrogen) atoms. The fraction of sp³-hybridized carbons (Fsp3) is 0.222. The van der Waals surface area contributed by atoms with Gasteiger partial charge in [0.05, 0.1) is 22.1 Å². The highest BCUT2D eigenvalue weighted by atomic mass is 35.5. The van der Waals surface area contributed by atoms with Crippen molar-refractivity contribution in [2.75, 3.05) is 6.54 Å². The largest absolute Gasteiger partial charge is 0.506 e. The van der Waals surface area contributed by atoms with Crippen molar-refractivity contribution in [2.45, 2.75) is 19.4 Å². The maximum Gasteiger partial charge on any atom is 0.143 e. The first kappa shape index (κ1) is 20.8. The number of phenols is 2. The Labute approximate surface area is 171 Å². The first-order valence-electron chi connectivity index (χ1n) is 7.50. The third kappa shape index (κ3) is 5.52. The van der Waals surface area contributed by atoms with Crippen molar-refractivity contribution in [1.82, 2.24) is 0 Å². The molecule has 0 aliphatic rings. The van der Waals surface area contributed by atoms with E-state index in [1.807, 2.05) is 13.8 Å². The van der Waals surface area contributed by atoms with Gasteiger partial charge in [0.2, 0.25) is 0 Å².